The largest absolute Gasteiger partial charge is 0.491 e. The van der Waals surface area contributed by atoms with Crippen molar-refractivity contribution in [1.29, 1.82) is 0 Å². The molecule has 0 aliphatic carbocycles. The van der Waals surface area contributed by atoms with E-state index in [0.717, 1.165) is 5.56 Å². The minimum atomic E-state index is -0.606. The molecule has 0 atom stereocenters. The summed E-state index contributed by atoms with van der Waals surface area (Å²) in [6.45, 7) is 0.194. The van der Waals surface area contributed by atoms with Gasteiger partial charge in [-0.1, -0.05) is 35.3 Å². The third-order valence-electron chi connectivity index (χ3n) is 3.46. The molecule has 2 aromatic carbocycles. The number of carbonyl (C=O) groups is 2. The van der Waals surface area contributed by atoms with Crippen LogP contribution in [0.1, 0.15) is 26.3 Å². The lowest BCUT2D eigenvalue weighted by molar-refractivity contribution is 0.0590. The minimum Gasteiger partial charge on any atom is -0.491 e. The van der Waals surface area contributed by atoms with E-state index in [2.05, 4.69) is 0 Å². The van der Waals surface area contributed by atoms with E-state index in [0.29, 0.717) is 16.5 Å². The van der Waals surface area contributed by atoms with Crippen LogP contribution < -0.4 is 4.74 Å². The summed E-state index contributed by atoms with van der Waals surface area (Å²) >= 11 is 12.0. The van der Waals surface area contributed by atoms with Gasteiger partial charge in [0.25, 0.3) is 0 Å². The molecule has 0 radical (unpaired) electrons. The van der Waals surface area contributed by atoms with Gasteiger partial charge in [0.2, 0.25) is 0 Å². The molecule has 0 amide bonds. The molecule has 0 saturated carbocycles. The number of carbonyl (C=O) groups excluding carboxylic acids is 2. The highest BCUT2D eigenvalue weighted by Gasteiger charge is 2.21. The van der Waals surface area contributed by atoms with Crippen LogP contribution in [-0.2, 0) is 15.9 Å². The molecule has 0 heterocycles. The average Bonchev–Trinajstić information content (AvgIpc) is 2.62. The van der Waals surface area contributed by atoms with Gasteiger partial charge in [0, 0.05) is 16.5 Å². The van der Waals surface area contributed by atoms with Crippen molar-refractivity contribution in [2.75, 3.05) is 20.8 Å². The van der Waals surface area contributed by atoms with Crippen molar-refractivity contribution >= 4 is 35.1 Å². The Morgan fingerprint density at radius 1 is 0.960 bits per heavy atom. The zero-order valence-corrected chi connectivity index (χ0v) is 15.2. The zero-order chi connectivity index (χ0) is 18.4. The summed E-state index contributed by atoms with van der Waals surface area (Å²) in [4.78, 5) is 23.9. The maximum Gasteiger partial charge on any atom is 0.341 e. The van der Waals surface area contributed by atoms with Gasteiger partial charge in [-0.05, 0) is 29.8 Å². The smallest absolute Gasteiger partial charge is 0.341 e. The molecule has 0 saturated heterocycles. The summed E-state index contributed by atoms with van der Waals surface area (Å²) in [6, 6.07) is 9.75. The quantitative estimate of drug-likeness (QED) is 0.700. The van der Waals surface area contributed by atoms with Crippen LogP contribution in [0.25, 0.3) is 0 Å². The molecule has 25 heavy (non-hydrogen) atoms. The van der Waals surface area contributed by atoms with Gasteiger partial charge >= 0.3 is 11.9 Å². The van der Waals surface area contributed by atoms with E-state index in [4.69, 9.17) is 37.4 Å². The van der Waals surface area contributed by atoms with Gasteiger partial charge < -0.3 is 14.2 Å². The third kappa shape index (κ3) is 4.65. The molecule has 2 rings (SSSR count). The standard InChI is InChI=1S/C18H16Cl2O5/c1-23-17(21)13-4-3-5-14(18(22)24-2)16(13)25-9-8-11-6-7-12(19)10-15(11)20/h3-7,10H,8-9H2,1-2H3. The molecule has 0 fully saturated rings. The number of ether oxygens (including phenoxy) is 3. The van der Waals surface area contributed by atoms with Crippen molar-refractivity contribution in [3.8, 4) is 5.75 Å². The topological polar surface area (TPSA) is 61.8 Å². The van der Waals surface area contributed by atoms with Crippen molar-refractivity contribution in [3.63, 3.8) is 0 Å². The normalized spacial score (nSPS) is 10.2. The summed E-state index contributed by atoms with van der Waals surface area (Å²) < 4.78 is 15.2. The SMILES string of the molecule is COC(=O)c1cccc(C(=O)OC)c1OCCc1ccc(Cl)cc1Cl. The first-order valence-electron chi connectivity index (χ1n) is 7.34. The number of esters is 2. The minimum absolute atomic E-state index is 0.117. The van der Waals surface area contributed by atoms with Gasteiger partial charge in [-0.2, -0.15) is 0 Å². The number of hydrogen-bond acceptors (Lipinski definition) is 5. The molecule has 0 bridgehead atoms. The number of hydrogen-bond donors (Lipinski definition) is 0. The van der Waals surface area contributed by atoms with Crippen molar-refractivity contribution in [1.82, 2.24) is 0 Å². The molecular weight excluding hydrogens is 367 g/mol. The molecule has 2 aromatic rings. The Morgan fingerprint density at radius 3 is 2.08 bits per heavy atom. The Labute approximate surface area is 155 Å². The zero-order valence-electron chi connectivity index (χ0n) is 13.7. The van der Waals surface area contributed by atoms with Crippen LogP contribution in [0.2, 0.25) is 10.0 Å². The summed E-state index contributed by atoms with van der Waals surface area (Å²) in [7, 11) is 2.51. The fourth-order valence-corrected chi connectivity index (χ4v) is 2.72. The number of benzene rings is 2. The number of para-hydroxylation sites is 1. The van der Waals surface area contributed by atoms with Crippen LogP contribution in [0.5, 0.6) is 5.75 Å². The molecule has 132 valence electrons. The van der Waals surface area contributed by atoms with Gasteiger partial charge in [-0.15, -0.1) is 0 Å². The number of halogens is 2. The third-order valence-corrected chi connectivity index (χ3v) is 4.05. The second-order valence-electron chi connectivity index (χ2n) is 5.00. The summed E-state index contributed by atoms with van der Waals surface area (Å²) in [5.41, 5.74) is 1.13. The molecule has 5 nitrogen and oxygen atoms in total. The molecule has 0 spiro atoms. The average molecular weight is 383 g/mol. The van der Waals surface area contributed by atoms with Crippen LogP contribution in [0, 0.1) is 0 Å². The fraction of sp³-hybridized carbons (Fsp3) is 0.222. The van der Waals surface area contributed by atoms with E-state index in [1.54, 1.807) is 24.3 Å². The molecule has 0 aromatic heterocycles. The Balaban J connectivity index is 2.24. The number of rotatable bonds is 6. The van der Waals surface area contributed by atoms with Gasteiger partial charge in [-0.3, -0.25) is 0 Å². The van der Waals surface area contributed by atoms with Gasteiger partial charge in [0.05, 0.1) is 20.8 Å². The van der Waals surface area contributed by atoms with E-state index < -0.39 is 11.9 Å². The first-order valence-corrected chi connectivity index (χ1v) is 8.10. The predicted molar refractivity (Wildman–Crippen MR) is 94.8 cm³/mol. The highest BCUT2D eigenvalue weighted by molar-refractivity contribution is 6.35. The Hall–Kier alpha value is -2.24. The maximum atomic E-state index is 11.9. The van der Waals surface area contributed by atoms with E-state index in [1.165, 1.54) is 26.4 Å². The Morgan fingerprint density at radius 2 is 1.56 bits per heavy atom. The first-order chi connectivity index (χ1) is 12.0. The van der Waals surface area contributed by atoms with E-state index >= 15 is 0 Å². The monoisotopic (exact) mass is 382 g/mol. The molecule has 0 aliphatic rings. The summed E-state index contributed by atoms with van der Waals surface area (Å²) in [5, 5.41) is 1.06. The molecule has 0 unspecified atom stereocenters. The van der Waals surface area contributed by atoms with Gasteiger partial charge in [0.15, 0.2) is 0 Å². The second kappa shape index (κ2) is 8.74. The van der Waals surface area contributed by atoms with E-state index in [1.807, 2.05) is 0 Å². The molecule has 0 aliphatic heterocycles. The fourth-order valence-electron chi connectivity index (χ4n) is 2.22. The highest BCUT2D eigenvalue weighted by Crippen LogP contribution is 2.27. The highest BCUT2D eigenvalue weighted by atomic mass is 35.5. The van der Waals surface area contributed by atoms with Gasteiger partial charge in [0.1, 0.15) is 16.9 Å². The van der Waals surface area contributed by atoms with E-state index in [-0.39, 0.29) is 23.5 Å². The van der Waals surface area contributed by atoms with Crippen LogP contribution in [-0.4, -0.2) is 32.8 Å². The van der Waals surface area contributed by atoms with Crippen molar-refractivity contribution in [3.05, 3.63) is 63.1 Å². The molecule has 7 heteroatoms. The molecular formula is C18H16Cl2O5. The summed E-state index contributed by atoms with van der Waals surface area (Å²) in [6.07, 6.45) is 0.464. The Kier molecular flexibility index (Phi) is 6.67. The van der Waals surface area contributed by atoms with Crippen molar-refractivity contribution < 1.29 is 23.8 Å². The Bertz CT molecular complexity index is 755. The maximum absolute atomic E-state index is 11.9. The second-order valence-corrected chi connectivity index (χ2v) is 5.84. The number of methoxy groups -OCH3 is 2. The van der Waals surface area contributed by atoms with E-state index in [9.17, 15) is 9.59 Å². The lowest BCUT2D eigenvalue weighted by Gasteiger charge is -2.14. The summed E-state index contributed by atoms with van der Waals surface area (Å²) in [5.74, 6) is -1.10. The lowest BCUT2D eigenvalue weighted by atomic mass is 10.1. The van der Waals surface area contributed by atoms with Gasteiger partial charge in [-0.25, -0.2) is 9.59 Å². The first kappa shape index (κ1) is 19.1. The predicted octanol–water partition coefficient (Wildman–Crippen LogP) is 4.19. The van der Waals surface area contributed by atoms with Crippen molar-refractivity contribution in [2.45, 2.75) is 6.42 Å². The van der Waals surface area contributed by atoms with Crippen LogP contribution in [0.15, 0.2) is 36.4 Å². The molecule has 0 N–H and O–H groups in total. The van der Waals surface area contributed by atoms with Crippen LogP contribution >= 0.6 is 23.2 Å². The van der Waals surface area contributed by atoms with Crippen LogP contribution in [0.4, 0.5) is 0 Å². The van der Waals surface area contributed by atoms with Crippen LogP contribution in [0.3, 0.4) is 0 Å². The van der Waals surface area contributed by atoms with Crippen molar-refractivity contribution in [2.24, 2.45) is 0 Å². The lowest BCUT2D eigenvalue weighted by Crippen LogP contribution is -2.13.